The minimum atomic E-state index is -0.284. The molecular weight excluding hydrogens is 248 g/mol. The predicted molar refractivity (Wildman–Crippen MR) is 74.0 cm³/mol. The van der Waals surface area contributed by atoms with Crippen molar-refractivity contribution in [2.75, 3.05) is 19.3 Å². The van der Waals surface area contributed by atoms with Crippen LogP contribution in [0.3, 0.4) is 0 Å². The molecule has 1 aromatic carbocycles. The van der Waals surface area contributed by atoms with E-state index in [1.165, 1.54) is 11.8 Å². The lowest BCUT2D eigenvalue weighted by Crippen LogP contribution is -2.14. The summed E-state index contributed by atoms with van der Waals surface area (Å²) in [6, 6.07) is 7.48. The average Bonchev–Trinajstić information content (AvgIpc) is 2.88. The van der Waals surface area contributed by atoms with Gasteiger partial charge in [-0.3, -0.25) is 10.1 Å². The van der Waals surface area contributed by atoms with E-state index in [2.05, 4.69) is 0 Å². The predicted octanol–water partition coefficient (Wildman–Crippen LogP) is 3.08. The van der Waals surface area contributed by atoms with Crippen LogP contribution >= 0.6 is 11.8 Å². The van der Waals surface area contributed by atoms with E-state index >= 15 is 0 Å². The van der Waals surface area contributed by atoms with Gasteiger partial charge >= 0.3 is 0 Å². The zero-order chi connectivity index (χ0) is 13.0. The number of thioether (sulfide) groups is 1. The lowest BCUT2D eigenvalue weighted by atomic mass is 10.1. The van der Waals surface area contributed by atoms with Gasteiger partial charge < -0.3 is 4.90 Å². The second kappa shape index (κ2) is 5.91. The molecule has 0 unspecified atom stereocenters. The van der Waals surface area contributed by atoms with Gasteiger partial charge in [0.15, 0.2) is 0 Å². The summed E-state index contributed by atoms with van der Waals surface area (Å²) >= 11 is 1.54. The molecule has 1 saturated heterocycles. The maximum Gasteiger partial charge on any atom is 0.293 e. The average molecular weight is 264 g/mol. The van der Waals surface area contributed by atoms with Crippen molar-refractivity contribution in [1.29, 1.82) is 0 Å². The van der Waals surface area contributed by atoms with Crippen LogP contribution in [0.15, 0.2) is 35.4 Å². The second-order valence-corrected chi connectivity index (χ2v) is 5.06. The number of hydrogen-bond donors (Lipinski definition) is 0. The standard InChI is InChI=1S/C13H16N2O2S/c1-18-13-7-3-2-6-11(13)12(15(16)17)10-14-8-4-5-9-14/h2-3,6-7,10H,4-5,8-9H2,1H3/b12-10+. The van der Waals surface area contributed by atoms with Crippen LogP contribution in [0.5, 0.6) is 0 Å². The van der Waals surface area contributed by atoms with Gasteiger partial charge in [0, 0.05) is 18.0 Å². The SMILES string of the molecule is CSc1ccccc1/C(=C\N1CCCC1)[N+](=O)[O-]. The van der Waals surface area contributed by atoms with Crippen molar-refractivity contribution in [3.05, 3.63) is 46.1 Å². The van der Waals surface area contributed by atoms with Gasteiger partial charge in [0.1, 0.15) is 0 Å². The highest BCUT2D eigenvalue weighted by atomic mass is 32.2. The first-order chi connectivity index (χ1) is 8.72. The largest absolute Gasteiger partial charge is 0.372 e. The van der Waals surface area contributed by atoms with E-state index < -0.39 is 0 Å². The Morgan fingerprint density at radius 2 is 2.06 bits per heavy atom. The molecule has 1 heterocycles. The van der Waals surface area contributed by atoms with E-state index in [0.29, 0.717) is 5.56 Å². The van der Waals surface area contributed by atoms with Crippen LogP contribution in [0.1, 0.15) is 18.4 Å². The zero-order valence-corrected chi connectivity index (χ0v) is 11.2. The minimum absolute atomic E-state index is 0.196. The summed E-state index contributed by atoms with van der Waals surface area (Å²) in [6.45, 7) is 1.83. The Morgan fingerprint density at radius 1 is 1.39 bits per heavy atom. The Hall–Kier alpha value is -1.49. The summed E-state index contributed by atoms with van der Waals surface area (Å²) in [7, 11) is 0. The first-order valence-corrected chi connectivity index (χ1v) is 7.18. The highest BCUT2D eigenvalue weighted by Gasteiger charge is 2.20. The van der Waals surface area contributed by atoms with Gasteiger partial charge in [-0.25, -0.2) is 0 Å². The third-order valence-electron chi connectivity index (χ3n) is 3.03. The van der Waals surface area contributed by atoms with E-state index in [4.69, 9.17) is 0 Å². The molecule has 0 aromatic heterocycles. The molecular formula is C13H16N2O2S. The molecule has 0 atom stereocenters. The molecule has 1 aliphatic heterocycles. The topological polar surface area (TPSA) is 46.4 Å². The van der Waals surface area contributed by atoms with E-state index in [9.17, 15) is 10.1 Å². The van der Waals surface area contributed by atoms with Crippen LogP contribution < -0.4 is 0 Å². The normalized spacial score (nSPS) is 16.1. The Balaban J connectivity index is 2.37. The molecule has 1 aliphatic rings. The highest BCUT2D eigenvalue weighted by molar-refractivity contribution is 7.98. The fourth-order valence-corrected chi connectivity index (χ4v) is 2.72. The molecule has 0 bridgehead atoms. The Kier molecular flexibility index (Phi) is 4.25. The molecule has 0 spiro atoms. The third-order valence-corrected chi connectivity index (χ3v) is 3.82. The lowest BCUT2D eigenvalue weighted by molar-refractivity contribution is -0.376. The Morgan fingerprint density at radius 3 is 2.67 bits per heavy atom. The molecule has 0 aliphatic carbocycles. The minimum Gasteiger partial charge on any atom is -0.372 e. The summed E-state index contributed by atoms with van der Waals surface area (Å²) in [5.74, 6) is 0. The van der Waals surface area contributed by atoms with Crippen molar-refractivity contribution >= 4 is 17.5 Å². The van der Waals surface area contributed by atoms with Gasteiger partial charge in [0.05, 0.1) is 16.7 Å². The monoisotopic (exact) mass is 264 g/mol. The molecule has 0 radical (unpaired) electrons. The van der Waals surface area contributed by atoms with E-state index in [0.717, 1.165) is 30.8 Å². The zero-order valence-electron chi connectivity index (χ0n) is 10.3. The van der Waals surface area contributed by atoms with Crippen LogP contribution in [0.25, 0.3) is 5.70 Å². The smallest absolute Gasteiger partial charge is 0.293 e. The number of nitrogens with zero attached hydrogens (tertiary/aromatic N) is 2. The molecule has 1 aromatic rings. The van der Waals surface area contributed by atoms with Gasteiger partial charge in [-0.15, -0.1) is 11.8 Å². The summed E-state index contributed by atoms with van der Waals surface area (Å²) in [5.41, 5.74) is 0.906. The number of benzene rings is 1. The van der Waals surface area contributed by atoms with Crippen molar-refractivity contribution in [1.82, 2.24) is 4.90 Å². The van der Waals surface area contributed by atoms with Gasteiger partial charge in [-0.1, -0.05) is 12.1 Å². The molecule has 1 fully saturated rings. The summed E-state index contributed by atoms with van der Waals surface area (Å²) in [4.78, 5) is 14.0. The molecule has 5 heteroatoms. The summed E-state index contributed by atoms with van der Waals surface area (Å²) < 4.78 is 0. The maximum absolute atomic E-state index is 11.3. The van der Waals surface area contributed by atoms with E-state index in [1.54, 1.807) is 6.20 Å². The first kappa shape index (κ1) is 13.0. The van der Waals surface area contributed by atoms with Gasteiger partial charge in [0.2, 0.25) is 0 Å². The van der Waals surface area contributed by atoms with Crippen LogP contribution in [0.2, 0.25) is 0 Å². The second-order valence-electron chi connectivity index (χ2n) is 4.21. The number of nitro groups is 1. The van der Waals surface area contributed by atoms with Crippen molar-refractivity contribution in [3.63, 3.8) is 0 Å². The van der Waals surface area contributed by atoms with Gasteiger partial charge in [-0.2, -0.15) is 0 Å². The van der Waals surface area contributed by atoms with E-state index in [1.807, 2.05) is 35.4 Å². The molecule has 96 valence electrons. The highest BCUT2D eigenvalue weighted by Crippen LogP contribution is 2.27. The first-order valence-electron chi connectivity index (χ1n) is 5.96. The molecule has 0 N–H and O–H groups in total. The number of rotatable bonds is 4. The summed E-state index contributed by atoms with van der Waals surface area (Å²) in [5, 5.41) is 11.3. The molecule has 18 heavy (non-hydrogen) atoms. The van der Waals surface area contributed by atoms with Crippen LogP contribution in [0.4, 0.5) is 0 Å². The van der Waals surface area contributed by atoms with E-state index in [-0.39, 0.29) is 10.6 Å². The van der Waals surface area contributed by atoms with Crippen molar-refractivity contribution in [2.45, 2.75) is 17.7 Å². The molecule has 4 nitrogen and oxygen atoms in total. The fourth-order valence-electron chi connectivity index (χ4n) is 2.11. The number of hydrogen-bond acceptors (Lipinski definition) is 4. The lowest BCUT2D eigenvalue weighted by Gasteiger charge is -2.12. The summed E-state index contributed by atoms with van der Waals surface area (Å²) in [6.07, 6.45) is 5.87. The molecule has 2 rings (SSSR count). The Labute approximate surface area is 111 Å². The van der Waals surface area contributed by atoms with Crippen molar-refractivity contribution < 1.29 is 4.92 Å². The van der Waals surface area contributed by atoms with Crippen molar-refractivity contribution in [3.8, 4) is 0 Å². The van der Waals surface area contributed by atoms with Crippen LogP contribution in [-0.4, -0.2) is 29.2 Å². The third kappa shape index (κ3) is 2.85. The van der Waals surface area contributed by atoms with Gasteiger partial charge in [0.25, 0.3) is 5.70 Å². The van der Waals surface area contributed by atoms with Gasteiger partial charge in [-0.05, 0) is 31.2 Å². The quantitative estimate of drug-likeness (QED) is 0.476. The van der Waals surface area contributed by atoms with Crippen LogP contribution in [-0.2, 0) is 0 Å². The van der Waals surface area contributed by atoms with Crippen molar-refractivity contribution in [2.24, 2.45) is 0 Å². The van der Waals surface area contributed by atoms with Crippen LogP contribution in [0, 0.1) is 10.1 Å². The molecule has 0 amide bonds. The maximum atomic E-state index is 11.3. The number of likely N-dealkylation sites (tertiary alicyclic amines) is 1. The fraction of sp³-hybridized carbons (Fsp3) is 0.385. The Bertz CT molecular complexity index is 468. The molecule has 0 saturated carbocycles.